The maximum Gasteiger partial charge on any atom is 0.0591 e. The van der Waals surface area contributed by atoms with Crippen LogP contribution >= 0.6 is 31.9 Å². The number of rotatable bonds is 7. The van der Waals surface area contributed by atoms with Gasteiger partial charge in [0.2, 0.25) is 0 Å². The molecule has 0 saturated carbocycles. The monoisotopic (exact) mass is 363 g/mol. The van der Waals surface area contributed by atoms with Crippen LogP contribution in [0.25, 0.3) is 0 Å². The van der Waals surface area contributed by atoms with Gasteiger partial charge in [0.1, 0.15) is 0 Å². The summed E-state index contributed by atoms with van der Waals surface area (Å²) in [5, 5.41) is 3.36. The molecule has 0 aromatic heterocycles. The molecule has 4 heteroatoms. The van der Waals surface area contributed by atoms with Crippen molar-refractivity contribution in [3.8, 4) is 0 Å². The molecule has 0 atom stereocenters. The minimum atomic E-state index is 0.609. The van der Waals surface area contributed by atoms with Gasteiger partial charge in [0.25, 0.3) is 0 Å². The molecule has 0 aliphatic heterocycles. The summed E-state index contributed by atoms with van der Waals surface area (Å²) in [4.78, 5) is 0. The molecular formula is C13H19Br2NO. The number of halogens is 2. The first kappa shape index (κ1) is 15.2. The molecule has 1 N–H and O–H groups in total. The molecule has 2 nitrogen and oxygen atoms in total. The summed E-state index contributed by atoms with van der Waals surface area (Å²) in [6, 6.07) is 6.28. The fraction of sp³-hybridized carbons (Fsp3) is 0.538. The molecule has 0 unspecified atom stereocenters. The molecule has 1 aromatic rings. The van der Waals surface area contributed by atoms with E-state index in [0.717, 1.165) is 35.2 Å². The van der Waals surface area contributed by atoms with Gasteiger partial charge in [-0.3, -0.25) is 0 Å². The third-order valence-corrected chi connectivity index (χ3v) is 4.07. The minimum absolute atomic E-state index is 0.609. The Hall–Kier alpha value is 0.1000. The van der Waals surface area contributed by atoms with Crippen LogP contribution in [0.4, 0.5) is 0 Å². The van der Waals surface area contributed by atoms with Crippen LogP contribution in [0, 0.1) is 5.92 Å². The third kappa shape index (κ3) is 6.55. The molecule has 0 fully saturated rings. The van der Waals surface area contributed by atoms with Gasteiger partial charge in [0, 0.05) is 28.6 Å². The van der Waals surface area contributed by atoms with Gasteiger partial charge in [-0.25, -0.2) is 0 Å². The fourth-order valence-electron chi connectivity index (χ4n) is 1.35. The molecule has 0 heterocycles. The van der Waals surface area contributed by atoms with Crippen LogP contribution in [0.5, 0.6) is 0 Å². The molecular weight excluding hydrogens is 346 g/mol. The molecule has 0 amide bonds. The maximum atomic E-state index is 5.50. The highest BCUT2D eigenvalue weighted by molar-refractivity contribution is 9.13. The largest absolute Gasteiger partial charge is 0.380 e. The van der Waals surface area contributed by atoms with Crippen LogP contribution in [0.15, 0.2) is 27.1 Å². The topological polar surface area (TPSA) is 21.3 Å². The molecule has 1 aromatic carbocycles. The van der Waals surface area contributed by atoms with Gasteiger partial charge in [0.15, 0.2) is 0 Å². The van der Waals surface area contributed by atoms with Crippen molar-refractivity contribution in [3.05, 3.63) is 32.7 Å². The van der Waals surface area contributed by atoms with Crippen molar-refractivity contribution in [2.75, 3.05) is 19.8 Å². The molecule has 0 aliphatic rings. The van der Waals surface area contributed by atoms with Gasteiger partial charge < -0.3 is 10.1 Å². The second kappa shape index (κ2) is 8.25. The minimum Gasteiger partial charge on any atom is -0.380 e. The SMILES string of the molecule is CC(C)COCCNCc1ccc(Br)c(Br)c1. The Kier molecular flexibility index (Phi) is 7.35. The van der Waals surface area contributed by atoms with Gasteiger partial charge in [-0.1, -0.05) is 19.9 Å². The van der Waals surface area contributed by atoms with Gasteiger partial charge in [-0.2, -0.15) is 0 Å². The van der Waals surface area contributed by atoms with Crippen LogP contribution in [-0.2, 0) is 11.3 Å². The van der Waals surface area contributed by atoms with E-state index in [9.17, 15) is 0 Å². The summed E-state index contributed by atoms with van der Waals surface area (Å²) in [5.74, 6) is 0.609. The number of nitrogens with one attached hydrogen (secondary N) is 1. The van der Waals surface area contributed by atoms with E-state index in [0.29, 0.717) is 5.92 Å². The molecule has 0 aliphatic carbocycles. The standard InChI is InChI=1S/C13H19Br2NO/c1-10(2)9-17-6-5-16-8-11-3-4-12(14)13(15)7-11/h3-4,7,10,16H,5-6,8-9H2,1-2H3. The first-order valence-corrected chi connectivity index (χ1v) is 7.40. The van der Waals surface area contributed by atoms with Crippen molar-refractivity contribution in [3.63, 3.8) is 0 Å². The predicted molar refractivity (Wildman–Crippen MR) is 79.2 cm³/mol. The lowest BCUT2D eigenvalue weighted by molar-refractivity contribution is 0.111. The van der Waals surface area contributed by atoms with Crippen LogP contribution < -0.4 is 5.32 Å². The number of ether oxygens (including phenoxy) is 1. The number of benzene rings is 1. The summed E-state index contributed by atoms with van der Waals surface area (Å²) < 4.78 is 7.67. The van der Waals surface area contributed by atoms with Crippen LogP contribution in [-0.4, -0.2) is 19.8 Å². The first-order valence-electron chi connectivity index (χ1n) is 5.82. The van der Waals surface area contributed by atoms with Crippen LogP contribution in [0.2, 0.25) is 0 Å². The molecule has 96 valence electrons. The van der Waals surface area contributed by atoms with Crippen molar-refractivity contribution in [1.29, 1.82) is 0 Å². The second-order valence-electron chi connectivity index (χ2n) is 4.39. The van der Waals surface area contributed by atoms with E-state index in [4.69, 9.17) is 4.74 Å². The zero-order chi connectivity index (χ0) is 12.7. The van der Waals surface area contributed by atoms with Crippen molar-refractivity contribution < 1.29 is 4.74 Å². The van der Waals surface area contributed by atoms with Crippen molar-refractivity contribution >= 4 is 31.9 Å². The first-order chi connectivity index (χ1) is 8.09. The lowest BCUT2D eigenvalue weighted by atomic mass is 10.2. The lowest BCUT2D eigenvalue weighted by Gasteiger charge is -2.08. The molecule has 1 rings (SSSR count). The van der Waals surface area contributed by atoms with Gasteiger partial charge in [-0.15, -0.1) is 0 Å². The summed E-state index contributed by atoms with van der Waals surface area (Å²) in [5.41, 5.74) is 1.27. The van der Waals surface area contributed by atoms with Crippen molar-refractivity contribution in [2.24, 2.45) is 5.92 Å². The fourth-order valence-corrected chi connectivity index (χ4v) is 2.02. The van der Waals surface area contributed by atoms with E-state index in [-0.39, 0.29) is 0 Å². The summed E-state index contributed by atoms with van der Waals surface area (Å²) in [6.45, 7) is 7.69. The molecule has 0 saturated heterocycles. The Bertz CT molecular complexity index is 342. The Morgan fingerprint density at radius 3 is 2.65 bits per heavy atom. The Labute approximate surface area is 120 Å². The number of hydrogen-bond donors (Lipinski definition) is 1. The second-order valence-corrected chi connectivity index (χ2v) is 6.10. The highest BCUT2D eigenvalue weighted by Gasteiger charge is 1.98. The van der Waals surface area contributed by atoms with Crippen molar-refractivity contribution in [2.45, 2.75) is 20.4 Å². The zero-order valence-corrected chi connectivity index (χ0v) is 13.5. The normalized spacial score (nSPS) is 11.1. The highest BCUT2D eigenvalue weighted by Crippen LogP contribution is 2.23. The number of hydrogen-bond acceptors (Lipinski definition) is 2. The van der Waals surface area contributed by atoms with Crippen molar-refractivity contribution in [1.82, 2.24) is 5.32 Å². The quantitative estimate of drug-likeness (QED) is 0.739. The Morgan fingerprint density at radius 1 is 1.24 bits per heavy atom. The van der Waals surface area contributed by atoms with E-state index in [1.165, 1.54) is 5.56 Å². The molecule has 0 spiro atoms. The summed E-state index contributed by atoms with van der Waals surface area (Å²) >= 11 is 6.95. The predicted octanol–water partition coefficient (Wildman–Crippen LogP) is 3.97. The van der Waals surface area contributed by atoms with E-state index >= 15 is 0 Å². The molecule has 17 heavy (non-hydrogen) atoms. The zero-order valence-electron chi connectivity index (χ0n) is 10.3. The Balaban J connectivity index is 2.16. The van der Waals surface area contributed by atoms with Gasteiger partial charge in [0.05, 0.1) is 6.61 Å². The summed E-state index contributed by atoms with van der Waals surface area (Å²) in [7, 11) is 0. The summed E-state index contributed by atoms with van der Waals surface area (Å²) in [6.07, 6.45) is 0. The average molecular weight is 365 g/mol. The van der Waals surface area contributed by atoms with E-state index in [2.05, 4.69) is 69.2 Å². The van der Waals surface area contributed by atoms with Gasteiger partial charge >= 0.3 is 0 Å². The van der Waals surface area contributed by atoms with E-state index < -0.39 is 0 Å². The van der Waals surface area contributed by atoms with Crippen LogP contribution in [0.1, 0.15) is 19.4 Å². The smallest absolute Gasteiger partial charge is 0.0591 e. The van der Waals surface area contributed by atoms with Crippen LogP contribution in [0.3, 0.4) is 0 Å². The van der Waals surface area contributed by atoms with E-state index in [1.807, 2.05) is 0 Å². The van der Waals surface area contributed by atoms with E-state index in [1.54, 1.807) is 0 Å². The molecule has 0 radical (unpaired) electrons. The highest BCUT2D eigenvalue weighted by atomic mass is 79.9. The average Bonchev–Trinajstić information content (AvgIpc) is 2.27. The molecule has 0 bridgehead atoms. The Morgan fingerprint density at radius 2 is 2.00 bits per heavy atom. The lowest BCUT2D eigenvalue weighted by Crippen LogP contribution is -2.20. The van der Waals surface area contributed by atoms with Gasteiger partial charge in [-0.05, 0) is 55.5 Å². The third-order valence-electron chi connectivity index (χ3n) is 2.19. The maximum absolute atomic E-state index is 5.50.